The summed E-state index contributed by atoms with van der Waals surface area (Å²) in [6.45, 7) is 0.758. The van der Waals surface area contributed by atoms with Crippen molar-refractivity contribution in [2.24, 2.45) is 0 Å². The van der Waals surface area contributed by atoms with Gasteiger partial charge >= 0.3 is 0 Å². The highest BCUT2D eigenvalue weighted by Crippen LogP contribution is 2.27. The number of nitrogens with zero attached hydrogens (tertiary/aromatic N) is 3. The molecule has 3 aliphatic heterocycles. The molecule has 0 saturated carbocycles. The highest BCUT2D eigenvalue weighted by Gasteiger charge is 2.39. The van der Waals surface area contributed by atoms with E-state index < -0.39 is 6.04 Å². The summed E-state index contributed by atoms with van der Waals surface area (Å²) >= 11 is 3.27. The van der Waals surface area contributed by atoms with Crippen LogP contribution in [0.2, 0.25) is 0 Å². The lowest BCUT2D eigenvalue weighted by Crippen LogP contribution is -2.48. The van der Waals surface area contributed by atoms with Gasteiger partial charge in [-0.1, -0.05) is 12.1 Å². The Morgan fingerprint density at radius 1 is 1.04 bits per heavy atom. The van der Waals surface area contributed by atoms with Gasteiger partial charge in [0.1, 0.15) is 6.04 Å². The normalized spacial score (nSPS) is 21.9. The molecular formula is C18H19N3O4S2. The SMILES string of the molecule is O=C([C@@H]1CSCN1C(=O)CCN1C(=O)c2ccccc2C1=O)N1CCSC1. The third kappa shape index (κ3) is 3.34. The summed E-state index contributed by atoms with van der Waals surface area (Å²) in [5, 5.41) is 0. The zero-order valence-electron chi connectivity index (χ0n) is 14.6. The summed E-state index contributed by atoms with van der Waals surface area (Å²) in [6, 6.07) is 6.23. The molecule has 4 amide bonds. The van der Waals surface area contributed by atoms with E-state index in [1.54, 1.807) is 57.6 Å². The van der Waals surface area contributed by atoms with E-state index >= 15 is 0 Å². The molecule has 0 unspecified atom stereocenters. The second kappa shape index (κ2) is 7.55. The highest BCUT2D eigenvalue weighted by atomic mass is 32.2. The van der Waals surface area contributed by atoms with Crippen LogP contribution in [0.15, 0.2) is 24.3 Å². The lowest BCUT2D eigenvalue weighted by molar-refractivity contribution is -0.142. The van der Waals surface area contributed by atoms with Crippen LogP contribution in [0.1, 0.15) is 27.1 Å². The Hall–Kier alpha value is -2.00. The summed E-state index contributed by atoms with van der Waals surface area (Å²) in [4.78, 5) is 54.7. The third-order valence-electron chi connectivity index (χ3n) is 4.98. The predicted octanol–water partition coefficient (Wildman–Crippen LogP) is 1.11. The summed E-state index contributed by atoms with van der Waals surface area (Å²) in [7, 11) is 0. The first kappa shape index (κ1) is 18.4. The number of fused-ring (bicyclic) bond motifs is 1. The van der Waals surface area contributed by atoms with Gasteiger partial charge in [0.2, 0.25) is 11.8 Å². The van der Waals surface area contributed by atoms with Crippen LogP contribution in [0, 0.1) is 0 Å². The molecule has 1 aromatic carbocycles. The zero-order chi connectivity index (χ0) is 19.0. The van der Waals surface area contributed by atoms with Gasteiger partial charge < -0.3 is 9.80 Å². The standard InChI is InChI=1S/C18H19N3O4S2/c22-15(21-11-27-9-14(21)18(25)19-7-8-26-10-19)5-6-20-16(23)12-3-1-2-4-13(12)17(20)24/h1-4,14H,5-11H2/t14-/m0/s1. The van der Waals surface area contributed by atoms with Crippen LogP contribution in [0.3, 0.4) is 0 Å². The molecule has 2 saturated heterocycles. The lowest BCUT2D eigenvalue weighted by Gasteiger charge is -2.27. The van der Waals surface area contributed by atoms with Crippen LogP contribution in [0.25, 0.3) is 0 Å². The van der Waals surface area contributed by atoms with Crippen LogP contribution in [0.4, 0.5) is 0 Å². The maximum Gasteiger partial charge on any atom is 0.261 e. The average Bonchev–Trinajstić information content (AvgIpc) is 3.42. The topological polar surface area (TPSA) is 78.0 Å². The van der Waals surface area contributed by atoms with Crippen molar-refractivity contribution in [2.75, 3.05) is 36.3 Å². The van der Waals surface area contributed by atoms with Gasteiger partial charge in [0.25, 0.3) is 11.8 Å². The maximum atomic E-state index is 12.7. The Morgan fingerprint density at radius 2 is 1.74 bits per heavy atom. The number of benzene rings is 1. The Labute approximate surface area is 165 Å². The summed E-state index contributed by atoms with van der Waals surface area (Å²) in [6.07, 6.45) is 0.0323. The van der Waals surface area contributed by atoms with Crippen molar-refractivity contribution in [3.8, 4) is 0 Å². The van der Waals surface area contributed by atoms with Crippen LogP contribution in [-0.2, 0) is 9.59 Å². The first-order valence-electron chi connectivity index (χ1n) is 8.77. The lowest BCUT2D eigenvalue weighted by atomic mass is 10.1. The van der Waals surface area contributed by atoms with Crippen LogP contribution in [0.5, 0.6) is 0 Å². The molecule has 4 rings (SSSR count). The Kier molecular flexibility index (Phi) is 5.14. The summed E-state index contributed by atoms with van der Waals surface area (Å²) in [5.41, 5.74) is 0.762. The first-order valence-corrected chi connectivity index (χ1v) is 11.1. The summed E-state index contributed by atoms with van der Waals surface area (Å²) < 4.78 is 0. The van der Waals surface area contributed by atoms with Crippen molar-refractivity contribution >= 4 is 47.2 Å². The van der Waals surface area contributed by atoms with Gasteiger partial charge in [-0.25, -0.2) is 0 Å². The molecule has 1 aromatic rings. The van der Waals surface area contributed by atoms with E-state index in [0.29, 0.717) is 28.6 Å². The molecule has 142 valence electrons. The number of amides is 4. The van der Waals surface area contributed by atoms with Gasteiger partial charge in [-0.15, -0.1) is 23.5 Å². The van der Waals surface area contributed by atoms with E-state index in [0.717, 1.165) is 17.2 Å². The average molecular weight is 406 g/mol. The monoisotopic (exact) mass is 405 g/mol. The van der Waals surface area contributed by atoms with Crippen molar-refractivity contribution in [1.82, 2.24) is 14.7 Å². The first-order chi connectivity index (χ1) is 13.1. The van der Waals surface area contributed by atoms with E-state index in [1.807, 2.05) is 0 Å². The minimum atomic E-state index is -0.441. The molecule has 3 heterocycles. The van der Waals surface area contributed by atoms with Crippen molar-refractivity contribution in [2.45, 2.75) is 12.5 Å². The second-order valence-electron chi connectivity index (χ2n) is 6.58. The maximum absolute atomic E-state index is 12.7. The predicted molar refractivity (Wildman–Crippen MR) is 103 cm³/mol. The fourth-order valence-corrected chi connectivity index (χ4v) is 5.61. The molecule has 3 aliphatic rings. The molecule has 2 fully saturated rings. The largest absolute Gasteiger partial charge is 0.331 e. The fourth-order valence-electron chi connectivity index (χ4n) is 3.48. The van der Waals surface area contributed by atoms with E-state index in [1.165, 1.54) is 0 Å². The molecule has 0 radical (unpaired) electrons. The van der Waals surface area contributed by atoms with E-state index in [4.69, 9.17) is 0 Å². The number of carbonyl (C=O) groups is 4. The minimum absolute atomic E-state index is 0.000851. The van der Waals surface area contributed by atoms with Gasteiger partial charge in [-0.3, -0.25) is 24.1 Å². The molecule has 0 bridgehead atoms. The molecule has 27 heavy (non-hydrogen) atoms. The highest BCUT2D eigenvalue weighted by molar-refractivity contribution is 7.99. The van der Waals surface area contributed by atoms with Gasteiger partial charge in [-0.2, -0.15) is 0 Å². The number of hydrogen-bond donors (Lipinski definition) is 0. The van der Waals surface area contributed by atoms with E-state index in [-0.39, 0.29) is 36.6 Å². The van der Waals surface area contributed by atoms with Crippen LogP contribution in [-0.4, -0.2) is 80.7 Å². The molecular weight excluding hydrogens is 386 g/mol. The Balaban J connectivity index is 1.39. The number of hydrogen-bond acceptors (Lipinski definition) is 6. The second-order valence-corrected chi connectivity index (χ2v) is 8.65. The smallest absolute Gasteiger partial charge is 0.261 e. The molecule has 0 spiro atoms. The van der Waals surface area contributed by atoms with Gasteiger partial charge in [0.05, 0.1) is 22.9 Å². The van der Waals surface area contributed by atoms with Crippen molar-refractivity contribution < 1.29 is 19.2 Å². The van der Waals surface area contributed by atoms with Gasteiger partial charge in [-0.05, 0) is 12.1 Å². The molecule has 0 N–H and O–H groups in total. The number of carbonyl (C=O) groups excluding carboxylic acids is 4. The molecule has 7 nitrogen and oxygen atoms in total. The Bertz CT molecular complexity index is 775. The van der Waals surface area contributed by atoms with Gasteiger partial charge in [0, 0.05) is 31.0 Å². The quantitative estimate of drug-likeness (QED) is 0.699. The van der Waals surface area contributed by atoms with Crippen molar-refractivity contribution in [3.05, 3.63) is 35.4 Å². The molecule has 9 heteroatoms. The molecule has 0 aromatic heterocycles. The van der Waals surface area contributed by atoms with E-state index in [9.17, 15) is 19.2 Å². The Morgan fingerprint density at radius 3 is 2.37 bits per heavy atom. The van der Waals surface area contributed by atoms with Crippen LogP contribution >= 0.6 is 23.5 Å². The number of rotatable bonds is 4. The molecule has 0 aliphatic carbocycles. The van der Waals surface area contributed by atoms with Gasteiger partial charge in [0.15, 0.2) is 0 Å². The van der Waals surface area contributed by atoms with Crippen molar-refractivity contribution in [3.63, 3.8) is 0 Å². The van der Waals surface area contributed by atoms with E-state index in [2.05, 4.69) is 0 Å². The van der Waals surface area contributed by atoms with Crippen molar-refractivity contribution in [1.29, 1.82) is 0 Å². The minimum Gasteiger partial charge on any atom is -0.331 e. The molecule has 1 atom stereocenters. The third-order valence-corrected chi connectivity index (χ3v) is 6.96. The number of imide groups is 1. The fraction of sp³-hybridized carbons (Fsp3) is 0.444. The zero-order valence-corrected chi connectivity index (χ0v) is 16.3. The number of thioether (sulfide) groups is 2. The summed E-state index contributed by atoms with van der Waals surface area (Å²) in [5.74, 6) is 1.76. The van der Waals surface area contributed by atoms with Crippen LogP contribution < -0.4 is 0 Å².